The van der Waals surface area contributed by atoms with Crippen LogP contribution in [-0.2, 0) is 4.79 Å². The van der Waals surface area contributed by atoms with E-state index in [2.05, 4.69) is 21.2 Å². The molecule has 6 heteroatoms. The fourth-order valence-electron chi connectivity index (χ4n) is 2.16. The lowest BCUT2D eigenvalue weighted by Crippen LogP contribution is -2.58. The molecule has 1 aromatic carbocycles. The molecule has 0 saturated carbocycles. The summed E-state index contributed by atoms with van der Waals surface area (Å²) >= 11 is 3.38. The first kappa shape index (κ1) is 14.0. The van der Waals surface area contributed by atoms with Crippen molar-refractivity contribution >= 4 is 27.7 Å². The van der Waals surface area contributed by atoms with E-state index in [1.54, 1.807) is 4.90 Å². The predicted octanol–water partition coefficient (Wildman–Crippen LogP) is 0.657. The Labute approximate surface area is 120 Å². The zero-order valence-corrected chi connectivity index (χ0v) is 12.2. The van der Waals surface area contributed by atoms with Gasteiger partial charge in [0.05, 0.1) is 5.56 Å². The monoisotopic (exact) mass is 325 g/mol. The Morgan fingerprint density at radius 2 is 2.21 bits per heavy atom. The standard InChI is InChI=1S/C13H16BrN3O2/c1-8-2-3-10(14)9(6-8)13(19)17-5-4-16-7-11(17)12(15)18/h2-3,6,11,16H,4-5,7H2,1H3,(H2,15,18). The summed E-state index contributed by atoms with van der Waals surface area (Å²) in [6, 6.07) is 4.98. The number of hydrogen-bond acceptors (Lipinski definition) is 3. The number of amides is 2. The molecule has 0 radical (unpaired) electrons. The number of carbonyl (C=O) groups is 2. The molecule has 1 atom stereocenters. The summed E-state index contributed by atoms with van der Waals surface area (Å²) in [5.41, 5.74) is 6.92. The Hall–Kier alpha value is -1.40. The largest absolute Gasteiger partial charge is 0.368 e. The van der Waals surface area contributed by atoms with E-state index >= 15 is 0 Å². The number of aryl methyl sites for hydroxylation is 1. The van der Waals surface area contributed by atoms with Crippen molar-refractivity contribution in [1.82, 2.24) is 10.2 Å². The van der Waals surface area contributed by atoms with Crippen LogP contribution in [0.2, 0.25) is 0 Å². The molecule has 3 N–H and O–H groups in total. The minimum Gasteiger partial charge on any atom is -0.368 e. The van der Waals surface area contributed by atoms with Crippen LogP contribution in [0.5, 0.6) is 0 Å². The van der Waals surface area contributed by atoms with Gasteiger partial charge in [-0.3, -0.25) is 9.59 Å². The third kappa shape index (κ3) is 2.96. The number of nitrogens with two attached hydrogens (primary N) is 1. The van der Waals surface area contributed by atoms with Crippen molar-refractivity contribution in [3.05, 3.63) is 33.8 Å². The minimum absolute atomic E-state index is 0.166. The molecule has 0 aliphatic carbocycles. The van der Waals surface area contributed by atoms with Gasteiger partial charge < -0.3 is 16.0 Å². The molecule has 0 spiro atoms. The van der Waals surface area contributed by atoms with Crippen LogP contribution in [0.1, 0.15) is 15.9 Å². The van der Waals surface area contributed by atoms with Gasteiger partial charge in [0.1, 0.15) is 6.04 Å². The van der Waals surface area contributed by atoms with Crippen LogP contribution in [0.15, 0.2) is 22.7 Å². The zero-order valence-electron chi connectivity index (χ0n) is 10.6. The second kappa shape index (κ2) is 5.71. The van der Waals surface area contributed by atoms with E-state index in [1.807, 2.05) is 25.1 Å². The number of rotatable bonds is 2. The Kier molecular flexibility index (Phi) is 4.21. The molecule has 0 aromatic heterocycles. The van der Waals surface area contributed by atoms with Gasteiger partial charge in [0, 0.05) is 24.1 Å². The molecule has 1 heterocycles. The number of hydrogen-bond donors (Lipinski definition) is 2. The summed E-state index contributed by atoms with van der Waals surface area (Å²) in [4.78, 5) is 25.5. The summed E-state index contributed by atoms with van der Waals surface area (Å²) < 4.78 is 0.727. The summed E-state index contributed by atoms with van der Waals surface area (Å²) in [5.74, 6) is -0.648. The highest BCUT2D eigenvalue weighted by molar-refractivity contribution is 9.10. The second-order valence-corrected chi connectivity index (χ2v) is 5.46. The molecule has 1 fully saturated rings. The van der Waals surface area contributed by atoms with Gasteiger partial charge >= 0.3 is 0 Å². The molecule has 2 rings (SSSR count). The van der Waals surface area contributed by atoms with Crippen molar-refractivity contribution < 1.29 is 9.59 Å². The normalized spacial score (nSPS) is 19.3. The minimum atomic E-state index is -0.589. The quantitative estimate of drug-likeness (QED) is 0.838. The number of primary amides is 1. The number of carbonyl (C=O) groups excluding carboxylic acids is 2. The average Bonchev–Trinajstić information content (AvgIpc) is 2.40. The summed E-state index contributed by atoms with van der Waals surface area (Å²) in [6.45, 7) is 3.48. The molecule has 1 saturated heterocycles. The Balaban J connectivity index is 2.31. The lowest BCUT2D eigenvalue weighted by molar-refractivity contribution is -0.122. The number of halogens is 1. The van der Waals surface area contributed by atoms with E-state index in [1.165, 1.54) is 0 Å². The van der Waals surface area contributed by atoms with Crippen molar-refractivity contribution in [2.75, 3.05) is 19.6 Å². The van der Waals surface area contributed by atoms with Crippen LogP contribution in [0, 0.1) is 6.92 Å². The van der Waals surface area contributed by atoms with E-state index in [0.717, 1.165) is 10.0 Å². The summed E-state index contributed by atoms with van der Waals surface area (Å²) in [6.07, 6.45) is 0. The van der Waals surface area contributed by atoms with Gasteiger partial charge in [0.15, 0.2) is 0 Å². The topological polar surface area (TPSA) is 75.4 Å². The van der Waals surface area contributed by atoms with Gasteiger partial charge in [-0.25, -0.2) is 0 Å². The van der Waals surface area contributed by atoms with Gasteiger partial charge in [-0.1, -0.05) is 11.6 Å². The van der Waals surface area contributed by atoms with Gasteiger partial charge in [-0.2, -0.15) is 0 Å². The second-order valence-electron chi connectivity index (χ2n) is 4.60. The van der Waals surface area contributed by atoms with Gasteiger partial charge in [-0.15, -0.1) is 0 Å². The van der Waals surface area contributed by atoms with Crippen molar-refractivity contribution in [2.24, 2.45) is 5.73 Å². The van der Waals surface area contributed by atoms with Crippen molar-refractivity contribution in [1.29, 1.82) is 0 Å². The molecule has 0 bridgehead atoms. The summed E-state index contributed by atoms with van der Waals surface area (Å²) in [7, 11) is 0. The molecular weight excluding hydrogens is 310 g/mol. The fraction of sp³-hybridized carbons (Fsp3) is 0.385. The van der Waals surface area contributed by atoms with Crippen molar-refractivity contribution in [3.8, 4) is 0 Å². The van der Waals surface area contributed by atoms with Crippen LogP contribution in [-0.4, -0.2) is 42.4 Å². The highest BCUT2D eigenvalue weighted by Crippen LogP contribution is 2.21. The number of nitrogens with one attached hydrogen (secondary N) is 1. The molecule has 1 aliphatic heterocycles. The predicted molar refractivity (Wildman–Crippen MR) is 75.8 cm³/mol. The van der Waals surface area contributed by atoms with Gasteiger partial charge in [0.25, 0.3) is 5.91 Å². The van der Waals surface area contributed by atoms with Crippen LogP contribution >= 0.6 is 15.9 Å². The Bertz CT molecular complexity index is 519. The van der Waals surface area contributed by atoms with E-state index in [9.17, 15) is 9.59 Å². The molecular formula is C13H16BrN3O2. The highest BCUT2D eigenvalue weighted by atomic mass is 79.9. The first-order valence-corrected chi connectivity index (χ1v) is 6.87. The van der Waals surface area contributed by atoms with E-state index in [4.69, 9.17) is 5.73 Å². The van der Waals surface area contributed by atoms with Crippen LogP contribution < -0.4 is 11.1 Å². The number of benzene rings is 1. The summed E-state index contributed by atoms with van der Waals surface area (Å²) in [5, 5.41) is 3.07. The SMILES string of the molecule is Cc1ccc(Br)c(C(=O)N2CCNCC2C(N)=O)c1. The Morgan fingerprint density at radius 3 is 2.89 bits per heavy atom. The first-order valence-electron chi connectivity index (χ1n) is 6.08. The molecule has 19 heavy (non-hydrogen) atoms. The molecule has 2 amide bonds. The molecule has 1 unspecified atom stereocenters. The van der Waals surface area contributed by atoms with Crippen molar-refractivity contribution in [2.45, 2.75) is 13.0 Å². The lowest BCUT2D eigenvalue weighted by Gasteiger charge is -2.34. The van der Waals surface area contributed by atoms with Crippen LogP contribution in [0.25, 0.3) is 0 Å². The maximum absolute atomic E-state index is 12.5. The number of nitrogens with zero attached hydrogens (tertiary/aromatic N) is 1. The zero-order chi connectivity index (χ0) is 14.0. The van der Waals surface area contributed by atoms with Gasteiger partial charge in [-0.05, 0) is 35.0 Å². The van der Waals surface area contributed by atoms with E-state index in [-0.39, 0.29) is 5.91 Å². The van der Waals surface area contributed by atoms with E-state index < -0.39 is 11.9 Å². The van der Waals surface area contributed by atoms with Crippen molar-refractivity contribution in [3.63, 3.8) is 0 Å². The van der Waals surface area contributed by atoms with Crippen LogP contribution in [0.3, 0.4) is 0 Å². The lowest BCUT2D eigenvalue weighted by atomic mass is 10.1. The Morgan fingerprint density at radius 1 is 1.47 bits per heavy atom. The van der Waals surface area contributed by atoms with Gasteiger partial charge in [0.2, 0.25) is 5.91 Å². The maximum Gasteiger partial charge on any atom is 0.255 e. The number of piperazine rings is 1. The maximum atomic E-state index is 12.5. The average molecular weight is 326 g/mol. The third-order valence-electron chi connectivity index (χ3n) is 3.18. The molecule has 5 nitrogen and oxygen atoms in total. The molecule has 102 valence electrons. The fourth-order valence-corrected chi connectivity index (χ4v) is 2.58. The third-order valence-corrected chi connectivity index (χ3v) is 3.88. The van der Waals surface area contributed by atoms with Crippen LogP contribution in [0.4, 0.5) is 0 Å². The molecule has 1 aromatic rings. The first-order chi connectivity index (χ1) is 9.00. The molecule has 1 aliphatic rings. The highest BCUT2D eigenvalue weighted by Gasteiger charge is 2.31. The van der Waals surface area contributed by atoms with E-state index in [0.29, 0.717) is 25.2 Å². The smallest absolute Gasteiger partial charge is 0.255 e.